The molecule has 0 radical (unpaired) electrons. The number of thiophene rings is 1. The molecule has 0 saturated carbocycles. The first-order chi connectivity index (χ1) is 9.01. The quantitative estimate of drug-likeness (QED) is 0.924. The van der Waals surface area contributed by atoms with E-state index in [4.69, 9.17) is 5.11 Å². The summed E-state index contributed by atoms with van der Waals surface area (Å²) >= 11 is 1.15. The minimum atomic E-state index is -2.94. The van der Waals surface area contributed by atoms with Gasteiger partial charge in [-0.1, -0.05) is 0 Å². The highest BCUT2D eigenvalue weighted by molar-refractivity contribution is 7.14. The third-order valence-corrected chi connectivity index (χ3v) is 4.08. The summed E-state index contributed by atoms with van der Waals surface area (Å²) in [5.41, 5.74) is 0. The molecule has 1 saturated heterocycles. The number of aliphatic hydroxyl groups is 1. The summed E-state index contributed by atoms with van der Waals surface area (Å²) in [7, 11) is 0. The van der Waals surface area contributed by atoms with E-state index in [1.165, 1.54) is 6.07 Å². The van der Waals surface area contributed by atoms with Crippen molar-refractivity contribution in [1.82, 2.24) is 4.90 Å². The highest BCUT2D eigenvalue weighted by Crippen LogP contribution is 2.32. The Hall–Kier alpha value is -1.21. The second-order valence-corrected chi connectivity index (χ2v) is 5.77. The zero-order valence-electron chi connectivity index (χ0n) is 10.4. The molecule has 19 heavy (non-hydrogen) atoms. The van der Waals surface area contributed by atoms with Crippen molar-refractivity contribution in [2.24, 2.45) is 5.92 Å². The van der Waals surface area contributed by atoms with Gasteiger partial charge in [0.15, 0.2) is 0 Å². The van der Waals surface area contributed by atoms with Crippen molar-refractivity contribution < 1.29 is 23.4 Å². The van der Waals surface area contributed by atoms with Gasteiger partial charge in [-0.25, -0.2) is 0 Å². The Balaban J connectivity index is 2.15. The lowest BCUT2D eigenvalue weighted by atomic mass is 10.1. The topological polar surface area (TPSA) is 49.8 Å². The lowest BCUT2D eigenvalue weighted by molar-refractivity contribution is -0.0499. The van der Waals surface area contributed by atoms with E-state index in [0.29, 0.717) is 13.1 Å². The number of rotatable bonds is 4. The SMILES string of the molecule is Cc1cc(OC(F)F)c(C(=O)N2CCC(CO)C2)s1. The molecule has 1 N–H and O–H groups in total. The van der Waals surface area contributed by atoms with E-state index in [1.54, 1.807) is 11.8 Å². The minimum Gasteiger partial charge on any atom is -0.433 e. The van der Waals surface area contributed by atoms with Crippen LogP contribution in [0.3, 0.4) is 0 Å². The molecule has 1 fully saturated rings. The van der Waals surface area contributed by atoms with Crippen molar-refractivity contribution in [1.29, 1.82) is 0 Å². The molecule has 0 aromatic carbocycles. The van der Waals surface area contributed by atoms with Crippen LogP contribution in [0, 0.1) is 12.8 Å². The summed E-state index contributed by atoms with van der Waals surface area (Å²) in [6.45, 7) is -0.173. The van der Waals surface area contributed by atoms with Crippen molar-refractivity contribution in [2.45, 2.75) is 20.0 Å². The lowest BCUT2D eigenvalue weighted by Crippen LogP contribution is -2.29. The number of halogens is 2. The maximum atomic E-state index is 12.3. The Morgan fingerprint density at radius 2 is 2.42 bits per heavy atom. The summed E-state index contributed by atoms with van der Waals surface area (Å²) in [6.07, 6.45) is 0.734. The van der Waals surface area contributed by atoms with Gasteiger partial charge in [0.1, 0.15) is 10.6 Å². The Labute approximate surface area is 113 Å². The number of alkyl halides is 2. The summed E-state index contributed by atoms with van der Waals surface area (Å²) in [5, 5.41) is 9.05. The van der Waals surface area contributed by atoms with Crippen LogP contribution in [0.25, 0.3) is 0 Å². The smallest absolute Gasteiger partial charge is 0.387 e. The Bertz CT molecular complexity index is 464. The number of nitrogens with zero attached hydrogens (tertiary/aromatic N) is 1. The van der Waals surface area contributed by atoms with Crippen LogP contribution in [0.4, 0.5) is 8.78 Å². The molecule has 2 heterocycles. The second-order valence-electron chi connectivity index (χ2n) is 4.52. The number of aliphatic hydroxyl groups excluding tert-OH is 1. The molecule has 7 heteroatoms. The van der Waals surface area contributed by atoms with Crippen LogP contribution < -0.4 is 4.74 Å². The lowest BCUT2D eigenvalue weighted by Gasteiger charge is -2.16. The number of amides is 1. The molecular weight excluding hydrogens is 276 g/mol. The van der Waals surface area contributed by atoms with Gasteiger partial charge in [-0.15, -0.1) is 11.3 Å². The fourth-order valence-corrected chi connectivity index (χ4v) is 3.05. The average Bonchev–Trinajstić information content (AvgIpc) is 2.94. The van der Waals surface area contributed by atoms with Gasteiger partial charge in [0.05, 0.1) is 0 Å². The summed E-state index contributed by atoms with van der Waals surface area (Å²) in [4.78, 5) is 14.8. The summed E-state index contributed by atoms with van der Waals surface area (Å²) in [5.74, 6) is -0.288. The van der Waals surface area contributed by atoms with Crippen molar-refractivity contribution in [3.05, 3.63) is 15.8 Å². The Morgan fingerprint density at radius 1 is 1.68 bits per heavy atom. The molecular formula is C12H15F2NO3S. The molecule has 0 aliphatic carbocycles. The molecule has 0 bridgehead atoms. The molecule has 1 aromatic rings. The average molecular weight is 291 g/mol. The van der Waals surface area contributed by atoms with E-state index in [9.17, 15) is 13.6 Å². The second kappa shape index (κ2) is 5.83. The zero-order chi connectivity index (χ0) is 14.0. The van der Waals surface area contributed by atoms with E-state index in [0.717, 1.165) is 22.6 Å². The van der Waals surface area contributed by atoms with Crippen LogP contribution in [0.1, 0.15) is 21.0 Å². The highest BCUT2D eigenvalue weighted by atomic mass is 32.1. The minimum absolute atomic E-state index is 0.0354. The van der Waals surface area contributed by atoms with Gasteiger partial charge in [-0.3, -0.25) is 4.79 Å². The molecule has 1 aliphatic heterocycles. The van der Waals surface area contributed by atoms with E-state index in [2.05, 4.69) is 4.74 Å². The van der Waals surface area contributed by atoms with E-state index < -0.39 is 6.61 Å². The van der Waals surface area contributed by atoms with Gasteiger partial charge in [0, 0.05) is 30.5 Å². The van der Waals surface area contributed by atoms with Crippen molar-refractivity contribution >= 4 is 17.2 Å². The molecule has 2 rings (SSSR count). The van der Waals surface area contributed by atoms with Gasteiger partial charge < -0.3 is 14.7 Å². The first-order valence-corrected chi connectivity index (χ1v) is 6.78. The Morgan fingerprint density at radius 3 is 3.00 bits per heavy atom. The predicted molar refractivity (Wildman–Crippen MR) is 66.8 cm³/mol. The largest absolute Gasteiger partial charge is 0.433 e. The van der Waals surface area contributed by atoms with Gasteiger partial charge in [-0.2, -0.15) is 8.78 Å². The monoisotopic (exact) mass is 291 g/mol. The van der Waals surface area contributed by atoms with Gasteiger partial charge in [-0.05, 0) is 19.4 Å². The van der Waals surface area contributed by atoms with E-state index in [1.807, 2.05) is 0 Å². The third-order valence-electron chi connectivity index (χ3n) is 3.06. The van der Waals surface area contributed by atoms with Crippen LogP contribution in [0.15, 0.2) is 6.07 Å². The molecule has 4 nitrogen and oxygen atoms in total. The van der Waals surface area contributed by atoms with Crippen LogP contribution in [-0.4, -0.2) is 42.2 Å². The fraction of sp³-hybridized carbons (Fsp3) is 0.583. The van der Waals surface area contributed by atoms with Gasteiger partial charge >= 0.3 is 6.61 Å². The van der Waals surface area contributed by atoms with E-state index in [-0.39, 0.29) is 29.1 Å². The first-order valence-electron chi connectivity index (χ1n) is 5.96. The number of carbonyl (C=O) groups is 1. The molecule has 0 spiro atoms. The van der Waals surface area contributed by atoms with Crippen LogP contribution >= 0.6 is 11.3 Å². The molecule has 1 aliphatic rings. The molecule has 106 valence electrons. The van der Waals surface area contributed by atoms with Crippen molar-refractivity contribution in [3.63, 3.8) is 0 Å². The number of hydrogen-bond acceptors (Lipinski definition) is 4. The molecule has 1 amide bonds. The number of carbonyl (C=O) groups excluding carboxylic acids is 1. The van der Waals surface area contributed by atoms with Crippen molar-refractivity contribution in [2.75, 3.05) is 19.7 Å². The number of hydrogen-bond donors (Lipinski definition) is 1. The third kappa shape index (κ3) is 3.22. The summed E-state index contributed by atoms with van der Waals surface area (Å²) in [6, 6.07) is 1.45. The zero-order valence-corrected chi connectivity index (χ0v) is 11.3. The van der Waals surface area contributed by atoms with Crippen LogP contribution in [-0.2, 0) is 0 Å². The maximum Gasteiger partial charge on any atom is 0.387 e. The van der Waals surface area contributed by atoms with Crippen LogP contribution in [0.2, 0.25) is 0 Å². The maximum absolute atomic E-state index is 12.3. The molecule has 1 atom stereocenters. The van der Waals surface area contributed by atoms with Crippen LogP contribution in [0.5, 0.6) is 5.75 Å². The van der Waals surface area contributed by atoms with Gasteiger partial charge in [0.2, 0.25) is 0 Å². The van der Waals surface area contributed by atoms with Crippen molar-refractivity contribution in [3.8, 4) is 5.75 Å². The normalized spacial score (nSPS) is 19.2. The fourth-order valence-electron chi connectivity index (χ4n) is 2.13. The summed E-state index contributed by atoms with van der Waals surface area (Å²) < 4.78 is 29.0. The predicted octanol–water partition coefficient (Wildman–Crippen LogP) is 2.11. The number of likely N-dealkylation sites (tertiary alicyclic amines) is 1. The Kier molecular flexibility index (Phi) is 4.36. The number of ether oxygens (including phenoxy) is 1. The first kappa shape index (κ1) is 14.2. The number of aryl methyl sites for hydroxylation is 1. The van der Waals surface area contributed by atoms with Gasteiger partial charge in [0.25, 0.3) is 5.91 Å². The van der Waals surface area contributed by atoms with E-state index >= 15 is 0 Å². The highest BCUT2D eigenvalue weighted by Gasteiger charge is 2.29. The molecule has 1 unspecified atom stereocenters. The standard InChI is InChI=1S/C12H15F2NO3S/c1-7-4-9(18-12(13)14)10(19-7)11(17)15-3-2-8(5-15)6-16/h4,8,12,16H,2-3,5-6H2,1H3. The molecule has 1 aromatic heterocycles.